The number of hydrogen-bond donors (Lipinski definition) is 2. The molecular formula is C26H26ClN3O2. The van der Waals surface area contributed by atoms with Crippen LogP contribution < -0.4 is 15.5 Å². The van der Waals surface area contributed by atoms with Crippen LogP contribution in [-0.2, 0) is 17.6 Å². The van der Waals surface area contributed by atoms with Crippen LogP contribution in [-0.4, -0.2) is 18.5 Å². The summed E-state index contributed by atoms with van der Waals surface area (Å²) in [5.74, 6) is -0.117. The summed E-state index contributed by atoms with van der Waals surface area (Å²) in [5, 5.41) is 6.47. The molecule has 0 unspecified atom stereocenters. The topological polar surface area (TPSA) is 61.4 Å². The maximum Gasteiger partial charge on any atom is 0.326 e. The number of halogens is 1. The fourth-order valence-electron chi connectivity index (χ4n) is 3.91. The van der Waals surface area contributed by atoms with Gasteiger partial charge in [-0.15, -0.1) is 0 Å². The molecule has 0 spiro atoms. The Morgan fingerprint density at radius 3 is 2.56 bits per heavy atom. The summed E-state index contributed by atoms with van der Waals surface area (Å²) in [6.07, 6.45) is 3.28. The normalized spacial score (nSPS) is 13.1. The highest BCUT2D eigenvalue weighted by Crippen LogP contribution is 2.27. The number of hydrogen-bond acceptors (Lipinski definition) is 2. The predicted molar refractivity (Wildman–Crippen MR) is 131 cm³/mol. The Hall–Kier alpha value is -3.31. The highest BCUT2D eigenvalue weighted by molar-refractivity contribution is 6.31. The number of nitrogens with zero attached hydrogens (tertiary/aromatic N) is 1. The van der Waals surface area contributed by atoms with Crippen molar-refractivity contribution >= 4 is 40.6 Å². The van der Waals surface area contributed by atoms with E-state index in [1.54, 1.807) is 12.1 Å². The van der Waals surface area contributed by atoms with Crippen molar-refractivity contribution in [1.82, 2.24) is 0 Å². The van der Waals surface area contributed by atoms with E-state index in [0.717, 1.165) is 36.1 Å². The number of anilines is 3. The summed E-state index contributed by atoms with van der Waals surface area (Å²) >= 11 is 6.02. The number of urea groups is 1. The van der Waals surface area contributed by atoms with E-state index in [2.05, 4.69) is 16.7 Å². The molecule has 6 heteroatoms. The number of amides is 3. The average Bonchev–Trinajstić information content (AvgIpc) is 3.00. The van der Waals surface area contributed by atoms with Crippen molar-refractivity contribution in [3.63, 3.8) is 0 Å². The largest absolute Gasteiger partial charge is 0.326 e. The van der Waals surface area contributed by atoms with Gasteiger partial charge in [0.1, 0.15) is 0 Å². The molecule has 3 aromatic rings. The standard InChI is InChI=1S/C26H26ClN3O2/c1-18-9-12-21(27)17-23(18)29-25(31)16-19-10-13-22(14-11-19)28-26(32)30-15-5-4-7-20-6-2-3-8-24(20)30/h2-3,6,8-14,17H,4-5,7,15-16H2,1H3,(H,28,32)(H,29,31). The second-order valence-electron chi connectivity index (χ2n) is 8.05. The summed E-state index contributed by atoms with van der Waals surface area (Å²) < 4.78 is 0. The number of nitrogens with one attached hydrogen (secondary N) is 2. The number of rotatable bonds is 4. The Bertz CT molecular complexity index is 1130. The van der Waals surface area contributed by atoms with E-state index in [1.165, 1.54) is 5.56 Å². The van der Waals surface area contributed by atoms with Gasteiger partial charge in [0.2, 0.25) is 5.91 Å². The zero-order valence-electron chi connectivity index (χ0n) is 18.0. The van der Waals surface area contributed by atoms with Crippen LogP contribution in [0.2, 0.25) is 5.02 Å². The van der Waals surface area contributed by atoms with Crippen LogP contribution >= 0.6 is 11.6 Å². The summed E-state index contributed by atoms with van der Waals surface area (Å²) in [4.78, 5) is 27.2. The first-order valence-corrected chi connectivity index (χ1v) is 11.2. The van der Waals surface area contributed by atoms with E-state index in [9.17, 15) is 9.59 Å². The molecule has 1 aliphatic rings. The lowest BCUT2D eigenvalue weighted by Gasteiger charge is -2.23. The van der Waals surface area contributed by atoms with Crippen molar-refractivity contribution in [2.45, 2.75) is 32.6 Å². The highest BCUT2D eigenvalue weighted by Gasteiger charge is 2.20. The number of carbonyl (C=O) groups is 2. The van der Waals surface area contributed by atoms with Crippen molar-refractivity contribution < 1.29 is 9.59 Å². The van der Waals surface area contributed by atoms with Gasteiger partial charge in [0, 0.05) is 28.6 Å². The second kappa shape index (κ2) is 9.88. The highest BCUT2D eigenvalue weighted by atomic mass is 35.5. The molecule has 1 heterocycles. The van der Waals surface area contributed by atoms with Gasteiger partial charge in [-0.1, -0.05) is 48.0 Å². The molecular weight excluding hydrogens is 422 g/mol. The molecule has 0 fully saturated rings. The Kier molecular flexibility index (Phi) is 6.76. The Balaban J connectivity index is 1.38. The molecule has 5 nitrogen and oxygen atoms in total. The molecule has 0 atom stereocenters. The monoisotopic (exact) mass is 447 g/mol. The van der Waals surface area contributed by atoms with E-state index in [0.29, 0.717) is 22.9 Å². The van der Waals surface area contributed by atoms with Crippen molar-refractivity contribution in [1.29, 1.82) is 0 Å². The third-order valence-corrected chi connectivity index (χ3v) is 5.88. The fraction of sp³-hybridized carbons (Fsp3) is 0.231. The van der Waals surface area contributed by atoms with Crippen LogP contribution in [0, 0.1) is 6.92 Å². The van der Waals surface area contributed by atoms with Gasteiger partial charge in [0.05, 0.1) is 6.42 Å². The molecule has 3 aromatic carbocycles. The molecule has 0 radical (unpaired) electrons. The number of benzene rings is 3. The van der Waals surface area contributed by atoms with E-state index < -0.39 is 0 Å². The maximum atomic E-state index is 12.9. The quantitative estimate of drug-likeness (QED) is 0.499. The molecule has 0 aliphatic carbocycles. The lowest BCUT2D eigenvalue weighted by atomic mass is 10.1. The Labute approximate surface area is 193 Å². The summed E-state index contributed by atoms with van der Waals surface area (Å²) in [5.41, 5.74) is 5.41. The summed E-state index contributed by atoms with van der Waals surface area (Å²) in [6, 6.07) is 20.7. The van der Waals surface area contributed by atoms with Gasteiger partial charge >= 0.3 is 6.03 Å². The number of carbonyl (C=O) groups excluding carboxylic acids is 2. The first-order valence-electron chi connectivity index (χ1n) is 10.8. The minimum atomic E-state index is -0.138. The van der Waals surface area contributed by atoms with Crippen molar-refractivity contribution in [2.24, 2.45) is 0 Å². The van der Waals surface area contributed by atoms with E-state index in [4.69, 9.17) is 11.6 Å². The van der Waals surface area contributed by atoms with Gasteiger partial charge < -0.3 is 10.6 Å². The van der Waals surface area contributed by atoms with Crippen LogP contribution in [0.4, 0.5) is 21.9 Å². The molecule has 3 amide bonds. The molecule has 0 saturated carbocycles. The van der Waals surface area contributed by atoms with Crippen molar-refractivity contribution in [3.8, 4) is 0 Å². The van der Waals surface area contributed by atoms with Crippen LogP contribution in [0.5, 0.6) is 0 Å². The van der Waals surface area contributed by atoms with Crippen LogP contribution in [0.25, 0.3) is 0 Å². The molecule has 0 aromatic heterocycles. The summed E-state index contributed by atoms with van der Waals surface area (Å²) in [7, 11) is 0. The lowest BCUT2D eigenvalue weighted by molar-refractivity contribution is -0.115. The Morgan fingerprint density at radius 1 is 0.969 bits per heavy atom. The van der Waals surface area contributed by atoms with Crippen molar-refractivity contribution in [3.05, 3.63) is 88.4 Å². The molecule has 164 valence electrons. The van der Waals surface area contributed by atoms with Gasteiger partial charge in [-0.2, -0.15) is 0 Å². The van der Waals surface area contributed by atoms with Crippen LogP contribution in [0.1, 0.15) is 29.5 Å². The van der Waals surface area contributed by atoms with E-state index >= 15 is 0 Å². The smallest absolute Gasteiger partial charge is 0.326 e. The van der Waals surface area contributed by atoms with Gasteiger partial charge in [-0.25, -0.2) is 4.79 Å². The van der Waals surface area contributed by atoms with Crippen LogP contribution in [0.3, 0.4) is 0 Å². The van der Waals surface area contributed by atoms with Crippen molar-refractivity contribution in [2.75, 3.05) is 22.1 Å². The molecule has 32 heavy (non-hydrogen) atoms. The van der Waals surface area contributed by atoms with Gasteiger partial charge in [0.25, 0.3) is 0 Å². The predicted octanol–water partition coefficient (Wildman–Crippen LogP) is 6.20. The molecule has 0 bridgehead atoms. The Morgan fingerprint density at radius 2 is 1.75 bits per heavy atom. The second-order valence-corrected chi connectivity index (χ2v) is 8.49. The maximum absolute atomic E-state index is 12.9. The molecule has 2 N–H and O–H groups in total. The third-order valence-electron chi connectivity index (χ3n) is 5.65. The zero-order valence-corrected chi connectivity index (χ0v) is 18.8. The zero-order chi connectivity index (χ0) is 22.5. The lowest BCUT2D eigenvalue weighted by Crippen LogP contribution is -2.35. The van der Waals surface area contributed by atoms with Crippen LogP contribution in [0.15, 0.2) is 66.7 Å². The molecule has 1 aliphatic heterocycles. The minimum absolute atomic E-state index is 0.117. The average molecular weight is 448 g/mol. The van der Waals surface area contributed by atoms with Gasteiger partial charge in [-0.05, 0) is 73.2 Å². The third kappa shape index (κ3) is 5.29. The minimum Gasteiger partial charge on any atom is -0.326 e. The molecule has 4 rings (SSSR count). The van der Waals surface area contributed by atoms with Gasteiger partial charge in [-0.3, -0.25) is 9.69 Å². The first kappa shape index (κ1) is 21.9. The number of para-hydroxylation sites is 1. The van der Waals surface area contributed by atoms with E-state index in [1.807, 2.05) is 60.4 Å². The summed E-state index contributed by atoms with van der Waals surface area (Å²) in [6.45, 7) is 2.62. The van der Waals surface area contributed by atoms with E-state index in [-0.39, 0.29) is 18.4 Å². The fourth-order valence-corrected chi connectivity index (χ4v) is 4.08. The number of aryl methyl sites for hydroxylation is 2. The molecule has 0 saturated heterocycles. The number of fused-ring (bicyclic) bond motifs is 1. The van der Waals surface area contributed by atoms with Gasteiger partial charge in [0.15, 0.2) is 0 Å². The SMILES string of the molecule is Cc1ccc(Cl)cc1NC(=O)Cc1ccc(NC(=O)N2CCCCc3ccccc32)cc1. The first-order chi connectivity index (χ1) is 15.5.